The molecule has 0 saturated carbocycles. The molecule has 20 heavy (non-hydrogen) atoms. The van der Waals surface area contributed by atoms with Gasteiger partial charge in [-0.15, -0.1) is 0 Å². The first kappa shape index (κ1) is 14.5. The van der Waals surface area contributed by atoms with Crippen LogP contribution in [0.15, 0.2) is 47.1 Å². The van der Waals surface area contributed by atoms with Gasteiger partial charge >= 0.3 is 0 Å². The molecular weight excluding hydrogens is 318 g/mol. The summed E-state index contributed by atoms with van der Waals surface area (Å²) in [5.41, 5.74) is 7.39. The van der Waals surface area contributed by atoms with Gasteiger partial charge in [-0.1, -0.05) is 30.3 Å². The summed E-state index contributed by atoms with van der Waals surface area (Å²) in [4.78, 5) is 15.9. The summed E-state index contributed by atoms with van der Waals surface area (Å²) in [6, 6.07) is 11.8. The Morgan fingerprint density at radius 3 is 2.75 bits per heavy atom. The number of nitrogen functional groups attached to an aromatic ring is 1. The number of pyridine rings is 1. The highest BCUT2D eigenvalue weighted by molar-refractivity contribution is 9.10. The van der Waals surface area contributed by atoms with Gasteiger partial charge in [0.1, 0.15) is 5.82 Å². The van der Waals surface area contributed by atoms with Crippen LogP contribution in [-0.2, 0) is 11.2 Å². The molecule has 0 fully saturated rings. The van der Waals surface area contributed by atoms with Crippen LogP contribution in [0.4, 0.5) is 11.5 Å². The van der Waals surface area contributed by atoms with E-state index < -0.39 is 0 Å². The van der Waals surface area contributed by atoms with Gasteiger partial charge in [-0.25, -0.2) is 4.98 Å². The molecule has 0 aliphatic carbocycles. The summed E-state index contributed by atoms with van der Waals surface area (Å²) in [5.74, 6) is 0.461. The molecule has 1 aromatic carbocycles. The van der Waals surface area contributed by atoms with Gasteiger partial charge in [0.2, 0.25) is 5.91 Å². The lowest BCUT2D eigenvalue weighted by Gasteiger charge is -2.07. The topological polar surface area (TPSA) is 68.0 Å². The van der Waals surface area contributed by atoms with Crippen LogP contribution in [0.25, 0.3) is 0 Å². The van der Waals surface area contributed by atoms with E-state index in [1.54, 1.807) is 6.07 Å². The maximum absolute atomic E-state index is 11.8. The highest BCUT2D eigenvalue weighted by Crippen LogP contribution is 2.21. The van der Waals surface area contributed by atoms with E-state index in [9.17, 15) is 4.79 Å². The Morgan fingerprint density at radius 2 is 2.05 bits per heavy atom. The second kappa shape index (κ2) is 7.05. The van der Waals surface area contributed by atoms with E-state index in [0.29, 0.717) is 22.4 Å². The van der Waals surface area contributed by atoms with Crippen LogP contribution in [0.2, 0.25) is 0 Å². The molecule has 0 bridgehead atoms. The van der Waals surface area contributed by atoms with E-state index in [0.717, 1.165) is 12.8 Å². The van der Waals surface area contributed by atoms with Crippen LogP contribution in [0.1, 0.15) is 18.4 Å². The average Bonchev–Trinajstić information content (AvgIpc) is 2.43. The number of aromatic nitrogens is 1. The predicted octanol–water partition coefficient (Wildman–Crippen LogP) is 3.39. The van der Waals surface area contributed by atoms with Crippen molar-refractivity contribution < 1.29 is 4.79 Å². The lowest BCUT2D eigenvalue weighted by Crippen LogP contribution is -2.13. The second-order valence-electron chi connectivity index (χ2n) is 4.49. The maximum Gasteiger partial charge on any atom is 0.225 e. The van der Waals surface area contributed by atoms with Crippen molar-refractivity contribution in [1.82, 2.24) is 4.98 Å². The van der Waals surface area contributed by atoms with Gasteiger partial charge in [-0.3, -0.25) is 4.79 Å². The van der Waals surface area contributed by atoms with Crippen molar-refractivity contribution in [2.45, 2.75) is 19.3 Å². The van der Waals surface area contributed by atoms with Crippen LogP contribution in [0.3, 0.4) is 0 Å². The lowest BCUT2D eigenvalue weighted by atomic mass is 10.1. The van der Waals surface area contributed by atoms with Gasteiger partial charge in [0, 0.05) is 6.42 Å². The first-order chi connectivity index (χ1) is 9.65. The Morgan fingerprint density at radius 1 is 1.30 bits per heavy atom. The highest BCUT2D eigenvalue weighted by Gasteiger charge is 2.07. The third kappa shape index (κ3) is 4.35. The number of halogens is 1. The average molecular weight is 334 g/mol. The number of carbonyl (C=O) groups excluding carboxylic acids is 1. The molecule has 1 amide bonds. The molecule has 4 nitrogen and oxygen atoms in total. The van der Waals surface area contributed by atoms with Crippen molar-refractivity contribution >= 4 is 33.3 Å². The zero-order valence-electron chi connectivity index (χ0n) is 11.0. The fourth-order valence-corrected chi connectivity index (χ4v) is 2.30. The van der Waals surface area contributed by atoms with Gasteiger partial charge in [0.05, 0.1) is 16.4 Å². The van der Waals surface area contributed by atoms with E-state index in [4.69, 9.17) is 5.73 Å². The molecule has 2 aromatic rings. The number of nitrogens with zero attached hydrogens (tertiary/aromatic N) is 1. The number of aryl methyl sites for hydroxylation is 1. The van der Waals surface area contributed by atoms with Crippen LogP contribution < -0.4 is 11.1 Å². The molecule has 1 heterocycles. The van der Waals surface area contributed by atoms with Crippen LogP contribution >= 0.6 is 15.9 Å². The predicted molar refractivity (Wildman–Crippen MR) is 84.4 cm³/mol. The molecule has 0 saturated heterocycles. The number of anilines is 2. The minimum Gasteiger partial charge on any atom is -0.397 e. The normalized spacial score (nSPS) is 10.2. The van der Waals surface area contributed by atoms with Crippen LogP contribution in [-0.4, -0.2) is 10.9 Å². The number of amides is 1. The Labute approximate surface area is 126 Å². The monoisotopic (exact) mass is 333 g/mol. The molecule has 0 aliphatic rings. The number of hydrogen-bond donors (Lipinski definition) is 2. The quantitative estimate of drug-likeness (QED) is 0.881. The van der Waals surface area contributed by atoms with Crippen LogP contribution in [0.5, 0.6) is 0 Å². The van der Waals surface area contributed by atoms with Gasteiger partial charge in [-0.2, -0.15) is 0 Å². The molecule has 3 N–H and O–H groups in total. The fraction of sp³-hybridized carbons (Fsp3) is 0.200. The number of carbonyl (C=O) groups is 1. The molecule has 0 atom stereocenters. The minimum absolute atomic E-state index is 0.0427. The molecule has 2 rings (SSSR count). The molecule has 0 spiro atoms. The fourth-order valence-electron chi connectivity index (χ4n) is 1.84. The summed E-state index contributed by atoms with van der Waals surface area (Å²) in [6.45, 7) is 0. The Bertz CT molecular complexity index is 587. The third-order valence-corrected chi connectivity index (χ3v) is 3.44. The zero-order valence-corrected chi connectivity index (χ0v) is 12.6. The lowest BCUT2D eigenvalue weighted by molar-refractivity contribution is -0.116. The van der Waals surface area contributed by atoms with Crippen molar-refractivity contribution in [2.75, 3.05) is 11.1 Å². The Balaban J connectivity index is 1.81. The zero-order chi connectivity index (χ0) is 14.4. The summed E-state index contributed by atoms with van der Waals surface area (Å²) in [6.07, 6.45) is 3.69. The summed E-state index contributed by atoms with van der Waals surface area (Å²) >= 11 is 3.32. The number of hydrogen-bond acceptors (Lipinski definition) is 3. The van der Waals surface area contributed by atoms with Gasteiger partial charge in [0.25, 0.3) is 0 Å². The van der Waals surface area contributed by atoms with Crippen molar-refractivity contribution in [3.63, 3.8) is 0 Å². The van der Waals surface area contributed by atoms with Crippen molar-refractivity contribution in [3.05, 3.63) is 52.6 Å². The van der Waals surface area contributed by atoms with Crippen molar-refractivity contribution in [3.8, 4) is 0 Å². The smallest absolute Gasteiger partial charge is 0.225 e. The minimum atomic E-state index is -0.0427. The maximum atomic E-state index is 11.8. The van der Waals surface area contributed by atoms with E-state index in [-0.39, 0.29) is 5.91 Å². The highest BCUT2D eigenvalue weighted by atomic mass is 79.9. The number of nitrogens with one attached hydrogen (secondary N) is 1. The molecular formula is C15H16BrN3O. The van der Waals surface area contributed by atoms with Crippen LogP contribution in [0, 0.1) is 0 Å². The summed E-state index contributed by atoms with van der Waals surface area (Å²) in [7, 11) is 0. The largest absolute Gasteiger partial charge is 0.397 e. The summed E-state index contributed by atoms with van der Waals surface area (Å²) < 4.78 is 0.689. The first-order valence-corrected chi connectivity index (χ1v) is 7.19. The molecule has 0 unspecified atom stereocenters. The number of nitrogens with two attached hydrogens (primary N) is 1. The van der Waals surface area contributed by atoms with E-state index >= 15 is 0 Å². The number of rotatable bonds is 5. The molecule has 0 radical (unpaired) electrons. The number of benzene rings is 1. The van der Waals surface area contributed by atoms with E-state index in [2.05, 4.69) is 38.4 Å². The van der Waals surface area contributed by atoms with Gasteiger partial charge < -0.3 is 11.1 Å². The molecule has 0 aliphatic heterocycles. The molecule has 104 valence electrons. The summed E-state index contributed by atoms with van der Waals surface area (Å²) in [5, 5.41) is 2.77. The second-order valence-corrected chi connectivity index (χ2v) is 5.34. The Kier molecular flexibility index (Phi) is 5.12. The molecule has 5 heteroatoms. The SMILES string of the molecule is Nc1cnc(NC(=O)CCCc2ccccc2)c(Br)c1. The standard InChI is InChI=1S/C15H16BrN3O/c16-13-9-12(17)10-18-15(13)19-14(20)8-4-7-11-5-2-1-3-6-11/h1-3,5-6,9-10H,4,7-8,17H2,(H,18,19,20). The molecule has 1 aromatic heterocycles. The third-order valence-electron chi connectivity index (χ3n) is 2.83. The van der Waals surface area contributed by atoms with Crippen molar-refractivity contribution in [1.29, 1.82) is 0 Å². The van der Waals surface area contributed by atoms with Gasteiger partial charge in [-0.05, 0) is 40.4 Å². The van der Waals surface area contributed by atoms with Crippen molar-refractivity contribution in [2.24, 2.45) is 0 Å². The van der Waals surface area contributed by atoms with E-state index in [1.165, 1.54) is 11.8 Å². The Hall–Kier alpha value is -1.88. The first-order valence-electron chi connectivity index (χ1n) is 6.40. The van der Waals surface area contributed by atoms with E-state index in [1.807, 2.05) is 18.2 Å². The van der Waals surface area contributed by atoms with Gasteiger partial charge in [0.15, 0.2) is 0 Å².